The lowest BCUT2D eigenvalue weighted by Gasteiger charge is -2.37. The molecule has 0 spiro atoms. The topological polar surface area (TPSA) is 41.8 Å². The number of imidazole rings is 1. The van der Waals surface area contributed by atoms with Crippen molar-refractivity contribution in [1.82, 2.24) is 19.6 Å². The molecule has 1 unspecified atom stereocenters. The molecule has 0 amide bonds. The Balaban J connectivity index is 1.68. The average Bonchev–Trinajstić information content (AvgIpc) is 2.98. The molecule has 130 valence electrons. The molecule has 1 N–H and O–H groups in total. The van der Waals surface area contributed by atoms with Crippen LogP contribution in [0.25, 0.3) is 5.65 Å². The number of ether oxygens (including phenoxy) is 1. The molecule has 1 fully saturated rings. The van der Waals surface area contributed by atoms with Crippen LogP contribution in [0, 0.1) is 6.92 Å². The number of rotatable bonds is 4. The third-order valence-electron chi connectivity index (χ3n) is 5.03. The summed E-state index contributed by atoms with van der Waals surface area (Å²) < 4.78 is 7.81. The van der Waals surface area contributed by atoms with Crippen molar-refractivity contribution in [2.24, 2.45) is 0 Å². The molecule has 1 aromatic carbocycles. The largest absolute Gasteiger partial charge is 0.496 e. The molecule has 3 heterocycles. The molecule has 0 bridgehead atoms. The number of benzene rings is 1. The van der Waals surface area contributed by atoms with Gasteiger partial charge in [-0.3, -0.25) is 4.90 Å². The fraction of sp³-hybridized carbons (Fsp3) is 0.350. The van der Waals surface area contributed by atoms with E-state index in [9.17, 15) is 0 Å². The molecular formula is C20H24N4O. The Morgan fingerprint density at radius 3 is 2.92 bits per heavy atom. The van der Waals surface area contributed by atoms with Crippen LogP contribution in [0.4, 0.5) is 0 Å². The summed E-state index contributed by atoms with van der Waals surface area (Å²) >= 11 is 0. The number of aromatic nitrogens is 2. The Kier molecular flexibility index (Phi) is 4.42. The smallest absolute Gasteiger partial charge is 0.137 e. The Bertz CT molecular complexity index is 873. The minimum atomic E-state index is 0.290. The van der Waals surface area contributed by atoms with Crippen LogP contribution in [0.15, 0.2) is 48.7 Å². The molecule has 1 aliphatic rings. The SMILES string of the molecule is COc1ccccc1C1CNCCN1Cc1c(C)nc2ccccn12. The van der Waals surface area contributed by atoms with E-state index in [0.717, 1.165) is 43.3 Å². The van der Waals surface area contributed by atoms with Crippen LogP contribution >= 0.6 is 0 Å². The van der Waals surface area contributed by atoms with E-state index in [0.29, 0.717) is 6.04 Å². The molecule has 0 saturated carbocycles. The predicted octanol–water partition coefficient (Wildman–Crippen LogP) is 2.80. The Hall–Kier alpha value is -2.37. The van der Waals surface area contributed by atoms with E-state index in [2.05, 4.69) is 52.0 Å². The van der Waals surface area contributed by atoms with E-state index in [1.54, 1.807) is 7.11 Å². The summed E-state index contributed by atoms with van der Waals surface area (Å²) in [6.45, 7) is 5.91. The molecule has 4 rings (SSSR count). The van der Waals surface area contributed by atoms with E-state index in [1.165, 1.54) is 11.3 Å². The van der Waals surface area contributed by atoms with Crippen LogP contribution in [0.1, 0.15) is 23.0 Å². The number of nitrogens with one attached hydrogen (secondary N) is 1. The van der Waals surface area contributed by atoms with Crippen LogP contribution in [0.5, 0.6) is 5.75 Å². The fourth-order valence-electron chi connectivity index (χ4n) is 3.73. The van der Waals surface area contributed by atoms with Crippen molar-refractivity contribution in [2.75, 3.05) is 26.7 Å². The first kappa shape index (κ1) is 16.1. The quantitative estimate of drug-likeness (QED) is 0.795. The van der Waals surface area contributed by atoms with Crippen LogP contribution in [-0.4, -0.2) is 41.0 Å². The molecule has 5 heteroatoms. The fourth-order valence-corrected chi connectivity index (χ4v) is 3.73. The number of hydrogen-bond acceptors (Lipinski definition) is 4. The maximum atomic E-state index is 5.60. The lowest BCUT2D eigenvalue weighted by atomic mass is 10.0. The lowest BCUT2D eigenvalue weighted by molar-refractivity contribution is 0.148. The summed E-state index contributed by atoms with van der Waals surface area (Å²) in [6.07, 6.45) is 2.10. The number of nitrogens with zero attached hydrogens (tertiary/aromatic N) is 3. The van der Waals surface area contributed by atoms with Crippen molar-refractivity contribution in [3.63, 3.8) is 0 Å². The zero-order valence-electron chi connectivity index (χ0n) is 14.8. The normalized spacial score (nSPS) is 18.6. The molecule has 25 heavy (non-hydrogen) atoms. The highest BCUT2D eigenvalue weighted by atomic mass is 16.5. The second-order valence-corrected chi connectivity index (χ2v) is 6.51. The van der Waals surface area contributed by atoms with Gasteiger partial charge in [0.25, 0.3) is 0 Å². The van der Waals surface area contributed by atoms with Crippen LogP contribution in [0.2, 0.25) is 0 Å². The Morgan fingerprint density at radius 2 is 2.04 bits per heavy atom. The van der Waals surface area contributed by atoms with E-state index in [4.69, 9.17) is 9.72 Å². The van der Waals surface area contributed by atoms with Gasteiger partial charge in [-0.15, -0.1) is 0 Å². The van der Waals surface area contributed by atoms with Gasteiger partial charge >= 0.3 is 0 Å². The molecule has 1 saturated heterocycles. The molecule has 1 aliphatic heterocycles. The van der Waals surface area contributed by atoms with Gasteiger partial charge in [-0.2, -0.15) is 0 Å². The molecule has 2 aromatic heterocycles. The van der Waals surface area contributed by atoms with Crippen molar-refractivity contribution in [3.05, 3.63) is 65.6 Å². The molecule has 0 aliphatic carbocycles. The minimum absolute atomic E-state index is 0.290. The maximum absolute atomic E-state index is 5.60. The standard InChI is InChI=1S/C20H24N4O/c1-15-18(24-11-6-5-9-20(24)22-15)14-23-12-10-21-13-17(23)16-7-3-4-8-19(16)25-2/h3-9,11,17,21H,10,12-14H2,1-2H3. The summed E-state index contributed by atoms with van der Waals surface area (Å²) in [5.74, 6) is 0.955. The molecular weight excluding hydrogens is 312 g/mol. The van der Waals surface area contributed by atoms with Crippen molar-refractivity contribution < 1.29 is 4.74 Å². The van der Waals surface area contributed by atoms with E-state index in [-0.39, 0.29) is 0 Å². The summed E-state index contributed by atoms with van der Waals surface area (Å²) in [7, 11) is 1.74. The predicted molar refractivity (Wildman–Crippen MR) is 98.9 cm³/mol. The monoisotopic (exact) mass is 336 g/mol. The third kappa shape index (κ3) is 3.01. The van der Waals surface area contributed by atoms with E-state index < -0.39 is 0 Å². The first-order valence-electron chi connectivity index (χ1n) is 8.78. The van der Waals surface area contributed by atoms with Gasteiger partial charge in [-0.1, -0.05) is 24.3 Å². The average molecular weight is 336 g/mol. The summed E-state index contributed by atoms with van der Waals surface area (Å²) in [6, 6.07) is 14.8. The van der Waals surface area contributed by atoms with Crippen LogP contribution in [-0.2, 0) is 6.54 Å². The van der Waals surface area contributed by atoms with Gasteiger partial charge in [0.1, 0.15) is 11.4 Å². The zero-order chi connectivity index (χ0) is 17.2. The first-order valence-corrected chi connectivity index (χ1v) is 8.78. The lowest BCUT2D eigenvalue weighted by Crippen LogP contribution is -2.45. The van der Waals surface area contributed by atoms with Gasteiger partial charge < -0.3 is 14.5 Å². The number of fused-ring (bicyclic) bond motifs is 1. The molecule has 5 nitrogen and oxygen atoms in total. The van der Waals surface area contributed by atoms with Gasteiger partial charge in [0.2, 0.25) is 0 Å². The number of pyridine rings is 1. The zero-order valence-corrected chi connectivity index (χ0v) is 14.8. The highest BCUT2D eigenvalue weighted by molar-refractivity contribution is 5.43. The van der Waals surface area contributed by atoms with Crippen molar-refractivity contribution >= 4 is 5.65 Å². The highest BCUT2D eigenvalue weighted by Gasteiger charge is 2.27. The van der Waals surface area contributed by atoms with E-state index in [1.807, 2.05) is 18.2 Å². The summed E-state index contributed by atoms with van der Waals surface area (Å²) in [5.41, 5.74) is 4.61. The number of piperazine rings is 1. The maximum Gasteiger partial charge on any atom is 0.137 e. The minimum Gasteiger partial charge on any atom is -0.496 e. The number of hydrogen-bond donors (Lipinski definition) is 1. The van der Waals surface area contributed by atoms with Gasteiger partial charge in [0.15, 0.2) is 0 Å². The Morgan fingerprint density at radius 1 is 1.20 bits per heavy atom. The molecule has 0 radical (unpaired) electrons. The van der Waals surface area contributed by atoms with Gasteiger partial charge in [-0.25, -0.2) is 4.98 Å². The van der Waals surface area contributed by atoms with Gasteiger partial charge in [0.05, 0.1) is 24.5 Å². The molecule has 3 aromatic rings. The number of para-hydroxylation sites is 1. The summed E-state index contributed by atoms with van der Waals surface area (Å²) in [4.78, 5) is 7.23. The first-order chi connectivity index (χ1) is 12.3. The van der Waals surface area contributed by atoms with Crippen LogP contribution in [0.3, 0.4) is 0 Å². The van der Waals surface area contributed by atoms with Gasteiger partial charge in [0, 0.05) is 37.9 Å². The second kappa shape index (κ2) is 6.86. The van der Waals surface area contributed by atoms with Gasteiger partial charge in [-0.05, 0) is 25.1 Å². The number of aryl methyl sites for hydroxylation is 1. The van der Waals surface area contributed by atoms with Crippen molar-refractivity contribution in [1.29, 1.82) is 0 Å². The van der Waals surface area contributed by atoms with Crippen LogP contribution < -0.4 is 10.1 Å². The Labute approximate surface area is 148 Å². The third-order valence-corrected chi connectivity index (χ3v) is 5.03. The second-order valence-electron chi connectivity index (χ2n) is 6.51. The van der Waals surface area contributed by atoms with E-state index >= 15 is 0 Å². The summed E-state index contributed by atoms with van der Waals surface area (Å²) in [5, 5.41) is 3.53. The molecule has 1 atom stereocenters. The number of methoxy groups -OCH3 is 1. The van der Waals surface area contributed by atoms with Crippen molar-refractivity contribution in [2.45, 2.75) is 19.5 Å². The highest BCUT2D eigenvalue weighted by Crippen LogP contribution is 2.31. The van der Waals surface area contributed by atoms with Crippen molar-refractivity contribution in [3.8, 4) is 5.75 Å².